The van der Waals surface area contributed by atoms with Crippen LogP contribution in [0.2, 0.25) is 0 Å². The van der Waals surface area contributed by atoms with Gasteiger partial charge in [0.2, 0.25) is 0 Å². The predicted octanol–water partition coefficient (Wildman–Crippen LogP) is 15.8. The third-order valence-corrected chi connectivity index (χ3v) is 10.3. The molecule has 6 rings (SSSR count). The Balaban J connectivity index is 0.000000219. The fourth-order valence-corrected chi connectivity index (χ4v) is 6.27. The number of alkyl halides is 6. The Labute approximate surface area is 380 Å². The summed E-state index contributed by atoms with van der Waals surface area (Å²) in [5.74, 6) is -8.58. The SMILES string of the molecule is CCc1ccc(OC(F)(F)c2cc(F)c(CC)c(F)c2)c(F)c1.CCc1ccc(OC(F)(F)c2ccc(CC)c(F)c2)c(F)c1.CCc1ccc(OC(F)(F)c2ccc(CC)cc2F)c(F)c1. The fourth-order valence-electron chi connectivity index (χ4n) is 6.27. The molecule has 0 N–H and O–H groups in total. The largest absolute Gasteiger partial charge is 0.429 e. The molecular formula is C51H47F13O3. The molecule has 0 fully saturated rings. The van der Waals surface area contributed by atoms with Crippen LogP contribution in [0.1, 0.15) is 91.6 Å². The van der Waals surface area contributed by atoms with E-state index in [1.54, 1.807) is 20.8 Å². The molecule has 16 heteroatoms. The summed E-state index contributed by atoms with van der Waals surface area (Å²) in [4.78, 5) is 0. The molecular weight excluding hydrogens is 908 g/mol. The van der Waals surface area contributed by atoms with Gasteiger partial charge in [0, 0.05) is 5.56 Å². The van der Waals surface area contributed by atoms with Crippen LogP contribution in [0.15, 0.2) is 103 Å². The first-order valence-corrected chi connectivity index (χ1v) is 21.1. The summed E-state index contributed by atoms with van der Waals surface area (Å²) in [7, 11) is 0. The lowest BCUT2D eigenvalue weighted by atomic mass is 10.1. The van der Waals surface area contributed by atoms with E-state index in [9.17, 15) is 57.1 Å². The second-order valence-corrected chi connectivity index (χ2v) is 14.8. The highest BCUT2D eigenvalue weighted by Gasteiger charge is 2.39. The van der Waals surface area contributed by atoms with Crippen LogP contribution in [0.3, 0.4) is 0 Å². The van der Waals surface area contributed by atoms with Gasteiger partial charge in [0.25, 0.3) is 0 Å². The second kappa shape index (κ2) is 23.0. The summed E-state index contributed by atoms with van der Waals surface area (Å²) in [5, 5.41) is 0. The second-order valence-electron chi connectivity index (χ2n) is 14.8. The molecule has 0 saturated heterocycles. The van der Waals surface area contributed by atoms with Crippen LogP contribution >= 0.6 is 0 Å². The fraction of sp³-hybridized carbons (Fsp3) is 0.294. The monoisotopic (exact) mass is 954 g/mol. The molecule has 0 heterocycles. The average Bonchev–Trinajstić information content (AvgIpc) is 3.28. The number of ether oxygens (including phenoxy) is 3. The summed E-state index contributed by atoms with van der Waals surface area (Å²) < 4.78 is 194. The van der Waals surface area contributed by atoms with Crippen molar-refractivity contribution in [2.75, 3.05) is 0 Å². The van der Waals surface area contributed by atoms with E-state index in [0.717, 1.165) is 60.7 Å². The summed E-state index contributed by atoms with van der Waals surface area (Å²) in [6, 6.07) is 18.6. The van der Waals surface area contributed by atoms with Gasteiger partial charge in [0.1, 0.15) is 23.3 Å². The van der Waals surface area contributed by atoms with Crippen molar-refractivity contribution in [1.82, 2.24) is 0 Å². The Morgan fingerprint density at radius 3 is 1.03 bits per heavy atom. The summed E-state index contributed by atoms with van der Waals surface area (Å²) in [5.41, 5.74) is 0.00537. The quantitative estimate of drug-likeness (QED) is 0.0960. The predicted molar refractivity (Wildman–Crippen MR) is 228 cm³/mol. The van der Waals surface area contributed by atoms with E-state index in [1.807, 2.05) is 13.8 Å². The zero-order chi connectivity index (χ0) is 49.9. The van der Waals surface area contributed by atoms with Crippen molar-refractivity contribution in [3.63, 3.8) is 0 Å². The highest BCUT2D eigenvalue weighted by atomic mass is 19.3. The molecule has 360 valence electrons. The maximum Gasteiger partial charge on any atom is 0.429 e. The lowest BCUT2D eigenvalue weighted by Crippen LogP contribution is -2.24. The lowest BCUT2D eigenvalue weighted by Gasteiger charge is -2.19. The minimum atomic E-state index is -4.07. The Morgan fingerprint density at radius 2 is 0.687 bits per heavy atom. The average molecular weight is 955 g/mol. The molecule has 6 aromatic rings. The molecule has 0 atom stereocenters. The summed E-state index contributed by atoms with van der Waals surface area (Å²) >= 11 is 0. The van der Waals surface area contributed by atoms with Crippen molar-refractivity contribution in [2.24, 2.45) is 0 Å². The van der Waals surface area contributed by atoms with Gasteiger partial charge in [0.05, 0.1) is 16.7 Å². The van der Waals surface area contributed by atoms with Crippen molar-refractivity contribution in [2.45, 2.75) is 98.4 Å². The first-order valence-electron chi connectivity index (χ1n) is 21.1. The van der Waals surface area contributed by atoms with Crippen molar-refractivity contribution in [1.29, 1.82) is 0 Å². The molecule has 6 aromatic carbocycles. The van der Waals surface area contributed by atoms with Crippen LogP contribution in [-0.4, -0.2) is 0 Å². The van der Waals surface area contributed by atoms with Gasteiger partial charge < -0.3 is 14.2 Å². The lowest BCUT2D eigenvalue weighted by molar-refractivity contribution is -0.189. The van der Waals surface area contributed by atoms with Crippen molar-refractivity contribution < 1.29 is 71.3 Å². The van der Waals surface area contributed by atoms with Crippen molar-refractivity contribution >= 4 is 0 Å². The third-order valence-electron chi connectivity index (χ3n) is 10.3. The van der Waals surface area contributed by atoms with Crippen LogP contribution < -0.4 is 14.2 Å². The maximum absolute atomic E-state index is 14.1. The first kappa shape index (κ1) is 53.4. The Kier molecular flexibility index (Phi) is 18.4. The van der Waals surface area contributed by atoms with Crippen molar-refractivity contribution in [3.8, 4) is 17.2 Å². The van der Waals surface area contributed by atoms with Gasteiger partial charge in [-0.3, -0.25) is 0 Å². The molecule has 0 aliphatic carbocycles. The Bertz CT molecular complexity index is 2590. The number of hydrogen-bond donors (Lipinski definition) is 0. The van der Waals surface area contributed by atoms with E-state index in [4.69, 9.17) is 0 Å². The van der Waals surface area contributed by atoms with Gasteiger partial charge in [-0.25, -0.2) is 30.7 Å². The van der Waals surface area contributed by atoms with Crippen LogP contribution in [0.4, 0.5) is 57.1 Å². The van der Waals surface area contributed by atoms with E-state index in [1.165, 1.54) is 37.3 Å². The molecule has 0 aromatic heterocycles. The van der Waals surface area contributed by atoms with Crippen LogP contribution in [-0.2, 0) is 56.9 Å². The first-order chi connectivity index (χ1) is 31.5. The number of halogens is 13. The normalized spacial score (nSPS) is 11.6. The molecule has 0 bridgehead atoms. The minimum Gasteiger partial charge on any atom is -0.426 e. The van der Waals surface area contributed by atoms with Crippen LogP contribution in [0.5, 0.6) is 17.2 Å². The molecule has 0 aliphatic rings. The summed E-state index contributed by atoms with van der Waals surface area (Å²) in [6.07, 6.45) is -9.21. The highest BCUT2D eigenvalue weighted by Crippen LogP contribution is 2.37. The molecule has 67 heavy (non-hydrogen) atoms. The maximum atomic E-state index is 14.1. The van der Waals surface area contributed by atoms with Gasteiger partial charge in [-0.15, -0.1) is 0 Å². The van der Waals surface area contributed by atoms with Crippen LogP contribution in [0.25, 0.3) is 0 Å². The van der Waals surface area contributed by atoms with Gasteiger partial charge >= 0.3 is 18.3 Å². The van der Waals surface area contributed by atoms with Gasteiger partial charge in [-0.2, -0.15) is 26.3 Å². The number of rotatable bonds is 15. The third kappa shape index (κ3) is 13.9. The van der Waals surface area contributed by atoms with E-state index in [2.05, 4.69) is 14.2 Å². The number of hydrogen-bond acceptors (Lipinski definition) is 3. The molecule has 0 radical (unpaired) electrons. The topological polar surface area (TPSA) is 27.7 Å². The van der Waals surface area contributed by atoms with E-state index >= 15 is 0 Å². The van der Waals surface area contributed by atoms with E-state index in [-0.39, 0.29) is 12.0 Å². The van der Waals surface area contributed by atoms with Gasteiger partial charge in [-0.05, 0) is 139 Å². The molecule has 0 unspecified atom stereocenters. The Morgan fingerprint density at radius 1 is 0.328 bits per heavy atom. The van der Waals surface area contributed by atoms with Crippen LogP contribution in [0, 0.1) is 40.7 Å². The highest BCUT2D eigenvalue weighted by molar-refractivity contribution is 5.35. The zero-order valence-electron chi connectivity index (χ0n) is 37.2. The number of benzene rings is 6. The van der Waals surface area contributed by atoms with Gasteiger partial charge in [-0.1, -0.05) is 71.9 Å². The summed E-state index contributed by atoms with van der Waals surface area (Å²) in [6.45, 7) is 10.4. The zero-order valence-corrected chi connectivity index (χ0v) is 37.2. The molecule has 3 nitrogen and oxygen atoms in total. The van der Waals surface area contributed by atoms with E-state index in [0.29, 0.717) is 72.1 Å². The minimum absolute atomic E-state index is 0.0253. The van der Waals surface area contributed by atoms with E-state index < -0.39 is 93.0 Å². The number of aryl methyl sites for hydroxylation is 5. The molecule has 0 amide bonds. The smallest absolute Gasteiger partial charge is 0.426 e. The molecule has 0 aliphatic heterocycles. The Hall–Kier alpha value is -6.19. The van der Waals surface area contributed by atoms with Crippen molar-refractivity contribution in [3.05, 3.63) is 194 Å². The molecule has 0 saturated carbocycles. The standard InChI is InChI=1S/C17H15F5O.2C17H16F4O/c1-3-10-5-6-16(15(20)7-10)23-17(21,22)11-8-13(18)12(4-2)14(19)9-11;1-3-11-5-8-16(15(19)9-11)22-17(20,21)13-7-6-12(4-2)14(18)10-13;1-3-11-5-7-13(14(18)9-11)17(20,21)22-16-8-6-12(4-2)10-15(16)19/h5-9H,3-4H2,1-2H3;2*5-10H,3-4H2,1-2H3. The van der Waals surface area contributed by atoms with Gasteiger partial charge in [0.15, 0.2) is 34.7 Å². The molecule has 0 spiro atoms.